The highest BCUT2D eigenvalue weighted by Gasteiger charge is 2.11. The molecule has 0 fully saturated rings. The number of hydrogen-bond acceptors (Lipinski definition) is 3. The van der Waals surface area contributed by atoms with Crippen molar-refractivity contribution in [3.05, 3.63) is 60.2 Å². The van der Waals surface area contributed by atoms with Crippen LogP contribution in [0.25, 0.3) is 0 Å². The zero-order valence-corrected chi connectivity index (χ0v) is 13.1. The van der Waals surface area contributed by atoms with Crippen LogP contribution in [0, 0.1) is 0 Å². The van der Waals surface area contributed by atoms with Crippen molar-refractivity contribution in [3.63, 3.8) is 0 Å². The van der Waals surface area contributed by atoms with Gasteiger partial charge in [0.05, 0.1) is 0 Å². The van der Waals surface area contributed by atoms with E-state index in [1.807, 2.05) is 42.1 Å². The number of hydrogen-bond donors (Lipinski definition) is 2. The quantitative estimate of drug-likeness (QED) is 0.615. The average Bonchev–Trinajstić information content (AvgIpc) is 2.40. The minimum atomic E-state index is 0.259. The van der Waals surface area contributed by atoms with Crippen LogP contribution < -0.4 is 10.9 Å². The molecule has 0 unspecified atom stereocenters. The molecule has 0 bridgehead atoms. The van der Waals surface area contributed by atoms with Gasteiger partial charge in [-0.3, -0.25) is 0 Å². The number of anilines is 1. The molecule has 0 atom stereocenters. The van der Waals surface area contributed by atoms with Crippen molar-refractivity contribution in [1.82, 2.24) is 5.43 Å². The van der Waals surface area contributed by atoms with E-state index in [9.17, 15) is 0 Å². The number of rotatable bonds is 5. The molecule has 2 rings (SSSR count). The Morgan fingerprint density at radius 2 is 1.55 bits per heavy atom. The standard InChI is InChI=1S/C17H22N2S/c1-17(2,3)20-16-11-9-14(10-12-16)13-18-19-15-7-5-4-6-8-15/h4-12,18-19H,13H2,1-3H3. The van der Waals surface area contributed by atoms with E-state index in [0.717, 1.165) is 12.2 Å². The highest BCUT2D eigenvalue weighted by molar-refractivity contribution is 8.00. The van der Waals surface area contributed by atoms with Gasteiger partial charge in [0.2, 0.25) is 0 Å². The van der Waals surface area contributed by atoms with Gasteiger partial charge in [-0.2, -0.15) is 0 Å². The fourth-order valence-corrected chi connectivity index (χ4v) is 2.78. The summed E-state index contributed by atoms with van der Waals surface area (Å²) in [6.45, 7) is 7.50. The van der Waals surface area contributed by atoms with Gasteiger partial charge >= 0.3 is 0 Å². The number of thioether (sulfide) groups is 1. The third-order valence-electron chi connectivity index (χ3n) is 2.65. The van der Waals surface area contributed by atoms with Crippen molar-refractivity contribution in [2.24, 2.45) is 0 Å². The molecule has 0 heterocycles. The molecule has 2 nitrogen and oxygen atoms in total. The van der Waals surface area contributed by atoms with Crippen molar-refractivity contribution < 1.29 is 0 Å². The van der Waals surface area contributed by atoms with Crippen LogP contribution in [-0.2, 0) is 6.54 Å². The van der Waals surface area contributed by atoms with Crippen LogP contribution >= 0.6 is 11.8 Å². The number of nitrogens with one attached hydrogen (secondary N) is 2. The SMILES string of the molecule is CC(C)(C)Sc1ccc(CNNc2ccccc2)cc1. The summed E-state index contributed by atoms with van der Waals surface area (Å²) >= 11 is 1.89. The van der Waals surface area contributed by atoms with Gasteiger partial charge in [-0.25, -0.2) is 5.43 Å². The molecule has 0 aromatic heterocycles. The Balaban J connectivity index is 1.82. The summed E-state index contributed by atoms with van der Waals surface area (Å²) in [6, 6.07) is 18.8. The Kier molecular flexibility index (Phi) is 5.10. The zero-order chi connectivity index (χ0) is 14.4. The molecule has 0 saturated carbocycles. The van der Waals surface area contributed by atoms with Gasteiger partial charge in [0, 0.05) is 21.9 Å². The van der Waals surface area contributed by atoms with Crippen molar-refractivity contribution in [2.75, 3.05) is 5.43 Å². The molecule has 2 aromatic carbocycles. The lowest BCUT2D eigenvalue weighted by Gasteiger charge is -2.17. The van der Waals surface area contributed by atoms with Gasteiger partial charge in [-0.15, -0.1) is 11.8 Å². The van der Waals surface area contributed by atoms with Crippen LogP contribution in [0.4, 0.5) is 5.69 Å². The molecule has 0 spiro atoms. The predicted octanol–water partition coefficient (Wildman–Crippen LogP) is 4.69. The Labute approximate surface area is 126 Å². The normalized spacial score (nSPS) is 11.3. The first-order valence-electron chi connectivity index (χ1n) is 6.85. The van der Waals surface area contributed by atoms with Crippen LogP contribution in [0.5, 0.6) is 0 Å². The zero-order valence-electron chi connectivity index (χ0n) is 12.3. The topological polar surface area (TPSA) is 24.1 Å². The maximum absolute atomic E-state index is 3.23. The Morgan fingerprint density at radius 1 is 0.900 bits per heavy atom. The molecule has 0 aliphatic rings. The second-order valence-corrected chi connectivity index (χ2v) is 7.60. The third-order valence-corrected chi connectivity index (χ3v) is 3.77. The molecule has 0 aliphatic carbocycles. The first kappa shape index (κ1) is 14.9. The van der Waals surface area contributed by atoms with E-state index >= 15 is 0 Å². The maximum atomic E-state index is 3.23. The van der Waals surface area contributed by atoms with Gasteiger partial charge in [-0.05, 0) is 29.8 Å². The summed E-state index contributed by atoms with van der Waals surface area (Å²) in [5.74, 6) is 0. The highest BCUT2D eigenvalue weighted by atomic mass is 32.2. The second-order valence-electron chi connectivity index (χ2n) is 5.70. The summed E-state index contributed by atoms with van der Waals surface area (Å²) in [5.41, 5.74) is 8.77. The van der Waals surface area contributed by atoms with Crippen molar-refractivity contribution in [2.45, 2.75) is 37.0 Å². The molecule has 2 N–H and O–H groups in total. The summed E-state index contributed by atoms with van der Waals surface area (Å²) < 4.78 is 0.259. The van der Waals surface area contributed by atoms with Crippen LogP contribution in [0.15, 0.2) is 59.5 Å². The van der Waals surface area contributed by atoms with Crippen LogP contribution in [-0.4, -0.2) is 4.75 Å². The van der Waals surface area contributed by atoms with E-state index in [0.29, 0.717) is 0 Å². The molecule has 0 aliphatic heterocycles. The molecule has 3 heteroatoms. The van der Waals surface area contributed by atoms with Gasteiger partial charge in [0.15, 0.2) is 0 Å². The number of benzene rings is 2. The van der Waals surface area contributed by atoms with Crippen molar-refractivity contribution in [1.29, 1.82) is 0 Å². The Bertz CT molecular complexity index is 515. The van der Waals surface area contributed by atoms with Gasteiger partial charge in [0.25, 0.3) is 0 Å². The summed E-state index contributed by atoms with van der Waals surface area (Å²) in [7, 11) is 0. The molecule has 0 radical (unpaired) electrons. The first-order valence-corrected chi connectivity index (χ1v) is 7.66. The minimum Gasteiger partial charge on any atom is -0.321 e. The first-order chi connectivity index (χ1) is 9.53. The number of hydrazine groups is 1. The largest absolute Gasteiger partial charge is 0.321 e. The molecular formula is C17H22N2S. The summed E-state index contributed by atoms with van der Waals surface area (Å²) in [4.78, 5) is 1.32. The van der Waals surface area contributed by atoms with E-state index < -0.39 is 0 Å². The van der Waals surface area contributed by atoms with Crippen molar-refractivity contribution >= 4 is 17.4 Å². The number of para-hydroxylation sites is 1. The summed E-state index contributed by atoms with van der Waals surface area (Å²) in [6.07, 6.45) is 0. The Hall–Kier alpha value is -1.45. The molecule has 0 amide bonds. The molecule has 106 valence electrons. The molecular weight excluding hydrogens is 264 g/mol. The fourth-order valence-electron chi connectivity index (χ4n) is 1.80. The van der Waals surface area contributed by atoms with E-state index in [-0.39, 0.29) is 4.75 Å². The van der Waals surface area contributed by atoms with E-state index in [2.05, 4.69) is 55.9 Å². The molecule has 20 heavy (non-hydrogen) atoms. The highest BCUT2D eigenvalue weighted by Crippen LogP contribution is 2.31. The average molecular weight is 286 g/mol. The fraction of sp³-hybridized carbons (Fsp3) is 0.294. The van der Waals surface area contributed by atoms with Gasteiger partial charge in [0.1, 0.15) is 0 Å². The predicted molar refractivity (Wildman–Crippen MR) is 89.0 cm³/mol. The van der Waals surface area contributed by atoms with E-state index in [1.54, 1.807) is 0 Å². The third kappa shape index (κ3) is 5.27. The lowest BCUT2D eigenvalue weighted by Crippen LogP contribution is -2.20. The monoisotopic (exact) mass is 286 g/mol. The second kappa shape index (κ2) is 6.82. The molecule has 2 aromatic rings. The lowest BCUT2D eigenvalue weighted by atomic mass is 10.2. The smallest absolute Gasteiger partial charge is 0.0487 e. The minimum absolute atomic E-state index is 0.259. The van der Waals surface area contributed by atoms with Crippen LogP contribution in [0.3, 0.4) is 0 Å². The van der Waals surface area contributed by atoms with Crippen molar-refractivity contribution in [3.8, 4) is 0 Å². The van der Waals surface area contributed by atoms with Gasteiger partial charge < -0.3 is 5.43 Å². The van der Waals surface area contributed by atoms with Gasteiger partial charge in [-0.1, -0.05) is 51.1 Å². The Morgan fingerprint density at radius 3 is 2.15 bits per heavy atom. The lowest BCUT2D eigenvalue weighted by molar-refractivity contribution is 0.797. The van der Waals surface area contributed by atoms with E-state index in [4.69, 9.17) is 0 Å². The van der Waals surface area contributed by atoms with Crippen LogP contribution in [0.1, 0.15) is 26.3 Å². The summed E-state index contributed by atoms with van der Waals surface area (Å²) in [5, 5.41) is 0. The van der Waals surface area contributed by atoms with E-state index in [1.165, 1.54) is 10.5 Å². The van der Waals surface area contributed by atoms with Crippen LogP contribution in [0.2, 0.25) is 0 Å². The molecule has 0 saturated heterocycles. The maximum Gasteiger partial charge on any atom is 0.0487 e.